The normalized spacial score (nSPS) is 17.2. The van der Waals surface area contributed by atoms with E-state index in [2.05, 4.69) is 71.7 Å². The van der Waals surface area contributed by atoms with Crippen LogP contribution >= 0.6 is 23.2 Å². The van der Waals surface area contributed by atoms with Crippen molar-refractivity contribution in [2.45, 2.75) is 78.0 Å². The number of halogens is 2. The molecule has 0 amide bonds. The lowest BCUT2D eigenvalue weighted by Gasteiger charge is -2.53. The highest BCUT2D eigenvalue weighted by molar-refractivity contribution is 6.33. The Labute approximate surface area is 464 Å². The predicted octanol–water partition coefficient (Wildman–Crippen LogP) is 10.1. The molecule has 0 saturated carbocycles. The first kappa shape index (κ1) is 52.7. The summed E-state index contributed by atoms with van der Waals surface area (Å²) >= 11 is 13.9. The molecule has 8 aromatic rings. The van der Waals surface area contributed by atoms with Gasteiger partial charge in [0.1, 0.15) is 28.7 Å². The predicted molar refractivity (Wildman–Crippen MR) is 312 cm³/mol. The van der Waals surface area contributed by atoms with E-state index in [1.807, 2.05) is 44.3 Å². The fourth-order valence-electron chi connectivity index (χ4n) is 11.9. The van der Waals surface area contributed by atoms with Gasteiger partial charge in [0.05, 0.1) is 33.7 Å². The van der Waals surface area contributed by atoms with E-state index in [-0.39, 0.29) is 40.5 Å². The number of anilines is 3. The molecule has 3 saturated heterocycles. The molecule has 11 rings (SSSR count). The minimum absolute atomic E-state index is 0.00872. The maximum atomic E-state index is 14.4. The van der Waals surface area contributed by atoms with E-state index in [9.17, 15) is 19.8 Å². The fraction of sp³-hybridized carbons (Fsp3) is 0.350. The van der Waals surface area contributed by atoms with Crippen LogP contribution in [-0.2, 0) is 13.6 Å². The Balaban J connectivity index is 0.885. The topological polar surface area (TPSA) is 158 Å². The number of aryl methyl sites for hydroxylation is 2. The number of nitrogens with one attached hydrogen (secondary N) is 1. The SMILES string of the molecule is CNc1ncc(-c2nc(C)cc(-c3ccc(-n4ccn(Cc5cc(-c6nccc(-c7ccc(-n8ccn(C)c8=O)c(Cl)c7)c6O)cc(N6CCN(C(C)(C)C)CC6)c5)c4=O)c(Cl)c3)c2O)cc1N1CCC2(CCN2C(C)C)C1. The Morgan fingerprint density at radius 1 is 0.692 bits per heavy atom. The van der Waals surface area contributed by atoms with Crippen LogP contribution in [0.4, 0.5) is 17.2 Å². The van der Waals surface area contributed by atoms with E-state index < -0.39 is 0 Å². The van der Waals surface area contributed by atoms with E-state index in [0.29, 0.717) is 77.9 Å². The van der Waals surface area contributed by atoms with Gasteiger partial charge in [0.25, 0.3) is 0 Å². The lowest BCUT2D eigenvalue weighted by atomic mass is 9.82. The molecule has 8 heterocycles. The zero-order chi connectivity index (χ0) is 54.9. The smallest absolute Gasteiger partial charge is 0.333 e. The molecule has 1 atom stereocenters. The molecule has 5 aromatic heterocycles. The van der Waals surface area contributed by atoms with Crippen LogP contribution in [0.15, 0.2) is 120 Å². The van der Waals surface area contributed by atoms with Gasteiger partial charge in [-0.3, -0.25) is 28.5 Å². The van der Waals surface area contributed by atoms with Gasteiger partial charge in [-0.25, -0.2) is 19.6 Å². The molecular formula is C60H66Cl2N12O4. The minimum atomic E-state index is -0.298. The molecule has 1 spiro atoms. The number of nitrogens with zero attached hydrogens (tertiary/aromatic N) is 11. The third kappa shape index (κ3) is 9.62. The largest absolute Gasteiger partial charge is 0.505 e. The maximum absolute atomic E-state index is 14.4. The number of pyridine rings is 3. The highest BCUT2D eigenvalue weighted by atomic mass is 35.5. The van der Waals surface area contributed by atoms with Crippen molar-refractivity contribution in [2.75, 3.05) is 68.0 Å². The first-order valence-electron chi connectivity index (χ1n) is 26.7. The summed E-state index contributed by atoms with van der Waals surface area (Å²) in [7, 11) is 3.56. The van der Waals surface area contributed by atoms with Gasteiger partial charge in [-0.2, -0.15) is 0 Å². The second kappa shape index (κ2) is 20.5. The molecule has 3 aromatic carbocycles. The summed E-state index contributed by atoms with van der Waals surface area (Å²) in [5.41, 5.74) is 8.74. The second-order valence-corrected chi connectivity index (χ2v) is 23.2. The van der Waals surface area contributed by atoms with E-state index in [0.717, 1.165) is 75.0 Å². The molecule has 78 heavy (non-hydrogen) atoms. The summed E-state index contributed by atoms with van der Waals surface area (Å²) in [5.74, 6) is 0.760. The second-order valence-electron chi connectivity index (χ2n) is 22.3. The van der Waals surface area contributed by atoms with Gasteiger partial charge in [0, 0.05) is 148 Å². The number of rotatable bonds is 12. The Bertz CT molecular complexity index is 3740. The summed E-state index contributed by atoms with van der Waals surface area (Å²) < 4.78 is 6.11. The molecule has 0 aliphatic carbocycles. The lowest BCUT2D eigenvalue weighted by Crippen LogP contribution is -2.63. The van der Waals surface area contributed by atoms with Gasteiger partial charge in [0.2, 0.25) is 0 Å². The standard InChI is InChI=1S/C60H66Cl2N12O4/c1-37(2)74-18-15-60(74)14-17-70(36-60)51-33-43(34-65-56(51)63-7)53-55(76)46(27-38(3)66-53)41-10-12-50(48(62)32-41)73-26-22-69(58(73)78)35-39-28-42(30-44(29-39)68-20-23-71(24-21-68)59(4,5)6)52-54(75)45(13-16-64-52)40-9-11-49(47(61)31-40)72-25-19-67(8)57(72)77/h9-13,16,19,22,25-34,37,75-76H,14-15,17-18,20-21,23-24,35-36H2,1-8H3,(H,63,65). The van der Waals surface area contributed by atoms with Gasteiger partial charge in [-0.05, 0) is 132 Å². The zero-order valence-electron chi connectivity index (χ0n) is 45.4. The molecule has 0 bridgehead atoms. The van der Waals surface area contributed by atoms with Crippen molar-refractivity contribution < 1.29 is 10.2 Å². The van der Waals surface area contributed by atoms with Crippen molar-refractivity contribution in [3.05, 3.63) is 152 Å². The quantitative estimate of drug-likeness (QED) is 0.107. The first-order valence-corrected chi connectivity index (χ1v) is 27.4. The Morgan fingerprint density at radius 2 is 1.36 bits per heavy atom. The van der Waals surface area contributed by atoms with Crippen molar-refractivity contribution >= 4 is 40.4 Å². The molecule has 0 radical (unpaired) electrons. The number of imidazole rings is 2. The van der Waals surface area contributed by atoms with Crippen molar-refractivity contribution in [3.8, 4) is 67.6 Å². The summed E-state index contributed by atoms with van der Waals surface area (Å²) in [4.78, 5) is 51.4. The molecule has 3 N–H and O–H groups in total. The monoisotopic (exact) mass is 1090 g/mol. The van der Waals surface area contributed by atoms with E-state index in [4.69, 9.17) is 38.2 Å². The lowest BCUT2D eigenvalue weighted by molar-refractivity contribution is -0.0237. The highest BCUT2D eigenvalue weighted by Crippen LogP contribution is 2.46. The van der Waals surface area contributed by atoms with Crippen LogP contribution < -0.4 is 26.5 Å². The minimum Gasteiger partial charge on any atom is -0.505 e. The zero-order valence-corrected chi connectivity index (χ0v) is 46.9. The number of aromatic nitrogens is 7. The molecular weight excluding hydrogens is 1020 g/mol. The maximum Gasteiger partial charge on any atom is 0.333 e. The number of aromatic hydroxyl groups is 2. The number of hydrogen-bond donors (Lipinski definition) is 3. The molecule has 3 fully saturated rings. The van der Waals surface area contributed by atoms with Crippen molar-refractivity contribution in [1.29, 1.82) is 0 Å². The van der Waals surface area contributed by atoms with Crippen LogP contribution in [0.3, 0.4) is 0 Å². The average molecular weight is 1090 g/mol. The van der Waals surface area contributed by atoms with Crippen molar-refractivity contribution in [2.24, 2.45) is 7.05 Å². The third-order valence-electron chi connectivity index (χ3n) is 16.2. The number of piperazine rings is 1. The van der Waals surface area contributed by atoms with E-state index in [1.54, 1.807) is 79.1 Å². The van der Waals surface area contributed by atoms with Crippen LogP contribution in [0.5, 0.6) is 11.5 Å². The van der Waals surface area contributed by atoms with Gasteiger partial charge in [0.15, 0.2) is 0 Å². The Hall–Kier alpha value is -7.37. The molecule has 3 aliphatic rings. The molecule has 18 heteroatoms. The summed E-state index contributed by atoms with van der Waals surface area (Å²) in [5, 5.41) is 28.0. The molecule has 404 valence electrons. The first-order chi connectivity index (χ1) is 37.3. The van der Waals surface area contributed by atoms with Gasteiger partial charge in [-0.15, -0.1) is 0 Å². The number of likely N-dealkylation sites (tertiary alicyclic amines) is 1. The van der Waals surface area contributed by atoms with Crippen LogP contribution in [0.2, 0.25) is 10.0 Å². The third-order valence-corrected chi connectivity index (χ3v) is 16.8. The van der Waals surface area contributed by atoms with Gasteiger partial charge < -0.3 is 29.9 Å². The summed E-state index contributed by atoms with van der Waals surface area (Å²) in [6.07, 6.45) is 12.5. The summed E-state index contributed by atoms with van der Waals surface area (Å²) in [6.45, 7) is 19.6. The molecule has 1 unspecified atom stereocenters. The van der Waals surface area contributed by atoms with E-state index >= 15 is 0 Å². The Morgan fingerprint density at radius 3 is 1.99 bits per heavy atom. The Kier molecular flexibility index (Phi) is 13.8. The average Bonchev–Trinajstić information content (AvgIpc) is 4.26. The summed E-state index contributed by atoms with van der Waals surface area (Å²) in [6, 6.07) is 23.0. The number of hydrogen-bond acceptors (Lipinski definition) is 12. The van der Waals surface area contributed by atoms with E-state index in [1.165, 1.54) is 20.1 Å². The van der Waals surface area contributed by atoms with Crippen molar-refractivity contribution in [3.63, 3.8) is 0 Å². The van der Waals surface area contributed by atoms with Crippen LogP contribution in [0.25, 0.3) is 56.1 Å². The van der Waals surface area contributed by atoms with Crippen molar-refractivity contribution in [1.82, 2.24) is 43.0 Å². The van der Waals surface area contributed by atoms with Gasteiger partial charge in [-0.1, -0.05) is 35.3 Å². The molecule has 16 nitrogen and oxygen atoms in total. The van der Waals surface area contributed by atoms with Crippen LogP contribution in [-0.4, -0.2) is 123 Å². The van der Waals surface area contributed by atoms with Gasteiger partial charge >= 0.3 is 11.4 Å². The van der Waals surface area contributed by atoms with Crippen LogP contribution in [0.1, 0.15) is 58.7 Å². The number of benzene rings is 3. The van der Waals surface area contributed by atoms with Crippen LogP contribution in [0, 0.1) is 6.92 Å². The fourth-order valence-corrected chi connectivity index (χ4v) is 12.4. The molecule has 3 aliphatic heterocycles. The highest BCUT2D eigenvalue weighted by Gasteiger charge is 2.50.